The van der Waals surface area contributed by atoms with Crippen molar-refractivity contribution in [3.63, 3.8) is 0 Å². The van der Waals surface area contributed by atoms with Gasteiger partial charge in [0.25, 0.3) is 0 Å². The summed E-state index contributed by atoms with van der Waals surface area (Å²) in [6.07, 6.45) is 3.64. The fourth-order valence-electron chi connectivity index (χ4n) is 6.92. The van der Waals surface area contributed by atoms with Gasteiger partial charge in [-0.1, -0.05) is 103 Å². The Bertz CT molecular complexity index is 2850. The third kappa shape index (κ3) is 4.06. The predicted octanol–water partition coefficient (Wildman–Crippen LogP) is 10.9. The van der Waals surface area contributed by atoms with Crippen molar-refractivity contribution in [1.29, 1.82) is 0 Å². The van der Waals surface area contributed by atoms with E-state index >= 15 is 0 Å². The molecule has 0 atom stereocenters. The minimum Gasteiger partial charge on any atom is -0.456 e. The highest BCUT2D eigenvalue weighted by molar-refractivity contribution is 6.16. The van der Waals surface area contributed by atoms with Crippen LogP contribution in [0.2, 0.25) is 0 Å². The second kappa shape index (κ2) is 10.4. The van der Waals surface area contributed by atoms with Gasteiger partial charge in [-0.2, -0.15) is 0 Å². The summed E-state index contributed by atoms with van der Waals surface area (Å²) >= 11 is 0. The van der Waals surface area contributed by atoms with E-state index in [0.29, 0.717) is 17.5 Å². The highest BCUT2D eigenvalue weighted by Crippen LogP contribution is 2.42. The quantitative estimate of drug-likeness (QED) is 0.196. The number of nitrogens with zero attached hydrogens (tertiary/aromatic N) is 4. The molecule has 48 heavy (non-hydrogen) atoms. The number of benzene rings is 6. The molecule has 10 rings (SSSR count). The second-order valence-electron chi connectivity index (χ2n) is 11.8. The smallest absolute Gasteiger partial charge is 0.164 e. The monoisotopic (exact) mass is 616 g/mol. The zero-order valence-corrected chi connectivity index (χ0v) is 25.5. The van der Waals surface area contributed by atoms with Gasteiger partial charge in [0.2, 0.25) is 0 Å². The van der Waals surface area contributed by atoms with Crippen molar-refractivity contribution in [3.8, 4) is 45.3 Å². The molecule has 0 spiro atoms. The Morgan fingerprint density at radius 3 is 1.71 bits per heavy atom. The van der Waals surface area contributed by atoms with E-state index in [0.717, 1.165) is 82.5 Å². The maximum Gasteiger partial charge on any atom is 0.164 e. The average molecular weight is 617 g/mol. The summed E-state index contributed by atoms with van der Waals surface area (Å²) < 4.78 is 12.4. The molecule has 4 aromatic heterocycles. The van der Waals surface area contributed by atoms with E-state index in [2.05, 4.69) is 59.6 Å². The van der Waals surface area contributed by atoms with Gasteiger partial charge < -0.3 is 8.83 Å². The van der Waals surface area contributed by atoms with E-state index in [4.69, 9.17) is 23.8 Å². The summed E-state index contributed by atoms with van der Waals surface area (Å²) in [6, 6.07) is 45.0. The van der Waals surface area contributed by atoms with Gasteiger partial charge in [0, 0.05) is 50.6 Å². The highest BCUT2D eigenvalue weighted by atomic mass is 16.3. The molecule has 0 saturated heterocycles. The number of rotatable bonds is 4. The van der Waals surface area contributed by atoms with E-state index in [9.17, 15) is 0 Å². The van der Waals surface area contributed by atoms with Crippen molar-refractivity contribution in [2.75, 3.05) is 0 Å². The fraction of sp³-hybridized carbons (Fsp3) is 0. The zero-order chi connectivity index (χ0) is 31.6. The van der Waals surface area contributed by atoms with Crippen LogP contribution in [-0.2, 0) is 0 Å². The lowest BCUT2D eigenvalue weighted by Crippen LogP contribution is -2.01. The van der Waals surface area contributed by atoms with Crippen molar-refractivity contribution in [2.45, 2.75) is 0 Å². The van der Waals surface area contributed by atoms with Gasteiger partial charge in [0.15, 0.2) is 17.5 Å². The number of pyridine rings is 1. The number of hydrogen-bond donors (Lipinski definition) is 0. The maximum atomic E-state index is 6.23. The van der Waals surface area contributed by atoms with Gasteiger partial charge in [0.1, 0.15) is 22.3 Å². The number of furan rings is 2. The summed E-state index contributed by atoms with van der Waals surface area (Å²) in [7, 11) is 0. The molecule has 224 valence electrons. The lowest BCUT2D eigenvalue weighted by atomic mass is 9.92. The Kier molecular flexibility index (Phi) is 5.77. The summed E-state index contributed by atoms with van der Waals surface area (Å²) in [4.78, 5) is 19.7. The molecule has 10 aromatic rings. The SMILES string of the molecule is c1ccc(-c2nc(-c3ccc(-c4cccc5oc6ccncc6c45)c4ccccc34)nc(-c3cccc4oc5ccccc5c34)n2)cc1. The molecule has 6 nitrogen and oxygen atoms in total. The lowest BCUT2D eigenvalue weighted by molar-refractivity contribution is 0.668. The van der Waals surface area contributed by atoms with Crippen molar-refractivity contribution in [3.05, 3.63) is 146 Å². The van der Waals surface area contributed by atoms with Crippen LogP contribution in [0.4, 0.5) is 0 Å². The van der Waals surface area contributed by atoms with Gasteiger partial charge in [-0.3, -0.25) is 4.98 Å². The molecule has 0 unspecified atom stereocenters. The molecule has 4 heterocycles. The van der Waals surface area contributed by atoms with Crippen LogP contribution in [0.5, 0.6) is 0 Å². The molecule has 0 radical (unpaired) electrons. The first-order chi connectivity index (χ1) is 23.8. The highest BCUT2D eigenvalue weighted by Gasteiger charge is 2.20. The first-order valence-corrected chi connectivity index (χ1v) is 15.8. The van der Waals surface area contributed by atoms with Crippen LogP contribution in [0, 0.1) is 0 Å². The summed E-state index contributed by atoms with van der Waals surface area (Å²) in [6.45, 7) is 0. The molecule has 0 fully saturated rings. The van der Waals surface area contributed by atoms with Gasteiger partial charge >= 0.3 is 0 Å². The first-order valence-electron chi connectivity index (χ1n) is 15.8. The number of aromatic nitrogens is 4. The molecule has 0 aliphatic rings. The van der Waals surface area contributed by atoms with E-state index < -0.39 is 0 Å². The largest absolute Gasteiger partial charge is 0.456 e. The number of para-hydroxylation sites is 1. The van der Waals surface area contributed by atoms with Crippen LogP contribution in [0.3, 0.4) is 0 Å². The normalized spacial score (nSPS) is 11.8. The van der Waals surface area contributed by atoms with Gasteiger partial charge in [0.05, 0.1) is 0 Å². The maximum absolute atomic E-state index is 6.23. The topological polar surface area (TPSA) is 77.8 Å². The summed E-state index contributed by atoms with van der Waals surface area (Å²) in [5.74, 6) is 1.80. The van der Waals surface area contributed by atoms with Crippen LogP contribution in [-0.4, -0.2) is 19.9 Å². The minimum atomic E-state index is 0.589. The van der Waals surface area contributed by atoms with Crippen LogP contribution in [0.1, 0.15) is 0 Å². The molecule has 0 aliphatic heterocycles. The van der Waals surface area contributed by atoms with Gasteiger partial charge in [-0.15, -0.1) is 0 Å². The first kappa shape index (κ1) is 26.5. The van der Waals surface area contributed by atoms with Crippen LogP contribution < -0.4 is 0 Å². The Hall–Kier alpha value is -6.66. The average Bonchev–Trinajstić information content (AvgIpc) is 3.73. The second-order valence-corrected chi connectivity index (χ2v) is 11.8. The third-order valence-electron chi connectivity index (χ3n) is 9.06. The Morgan fingerprint density at radius 2 is 0.917 bits per heavy atom. The van der Waals surface area contributed by atoms with E-state index in [1.54, 1.807) is 6.20 Å². The van der Waals surface area contributed by atoms with Crippen molar-refractivity contribution in [2.24, 2.45) is 0 Å². The summed E-state index contributed by atoms with van der Waals surface area (Å²) in [5, 5.41) is 6.18. The number of fused-ring (bicyclic) bond motifs is 7. The Labute approximate surface area is 274 Å². The van der Waals surface area contributed by atoms with E-state index in [-0.39, 0.29) is 0 Å². The molecule has 0 saturated carbocycles. The molecule has 6 heteroatoms. The van der Waals surface area contributed by atoms with Crippen LogP contribution >= 0.6 is 0 Å². The molecule has 0 amide bonds. The van der Waals surface area contributed by atoms with E-state index in [1.807, 2.05) is 85.1 Å². The standard InChI is InChI=1S/C42H24N4O2/c1-2-10-25(11-3-1)40-44-41(46-42(45-40)32-16-9-19-37-39(32)31-14-6-7-17-34(31)47-37)30-21-20-28(26-12-4-5-13-27(26)30)29-15-8-18-36-38(29)33-24-43-23-22-35(33)48-36/h1-24H. The fourth-order valence-corrected chi connectivity index (χ4v) is 6.92. The molecule has 0 N–H and O–H groups in total. The molecule has 0 bridgehead atoms. The van der Waals surface area contributed by atoms with Gasteiger partial charge in [-0.05, 0) is 52.2 Å². The Morgan fingerprint density at radius 1 is 0.354 bits per heavy atom. The van der Waals surface area contributed by atoms with Crippen molar-refractivity contribution in [1.82, 2.24) is 19.9 Å². The van der Waals surface area contributed by atoms with Crippen LogP contribution in [0.15, 0.2) is 155 Å². The molecular formula is C42H24N4O2. The Balaban J connectivity index is 1.23. The number of hydrogen-bond acceptors (Lipinski definition) is 6. The molecular weight excluding hydrogens is 592 g/mol. The third-order valence-corrected chi connectivity index (χ3v) is 9.06. The van der Waals surface area contributed by atoms with E-state index in [1.165, 1.54) is 0 Å². The summed E-state index contributed by atoms with van der Waals surface area (Å²) in [5.41, 5.74) is 8.19. The lowest BCUT2D eigenvalue weighted by Gasteiger charge is -2.14. The van der Waals surface area contributed by atoms with Crippen LogP contribution in [0.25, 0.3) is 99.9 Å². The molecule has 6 aromatic carbocycles. The minimum absolute atomic E-state index is 0.589. The predicted molar refractivity (Wildman–Crippen MR) is 191 cm³/mol. The van der Waals surface area contributed by atoms with Crippen molar-refractivity contribution < 1.29 is 8.83 Å². The molecule has 0 aliphatic carbocycles. The van der Waals surface area contributed by atoms with Gasteiger partial charge in [-0.25, -0.2) is 15.0 Å². The zero-order valence-electron chi connectivity index (χ0n) is 25.5. The van der Waals surface area contributed by atoms with Crippen molar-refractivity contribution >= 4 is 54.6 Å².